The fraction of sp³-hybridized carbons (Fsp3) is 0. The second-order valence-electron chi connectivity index (χ2n) is 3.12. The molecule has 0 saturated heterocycles. The Kier molecular flexibility index (Phi) is 4.15. The number of hydrogen-bond donors (Lipinski definition) is 3. The predicted molar refractivity (Wildman–Crippen MR) is 77.0 cm³/mol. The zero-order chi connectivity index (χ0) is 13.0. The lowest BCUT2D eigenvalue weighted by molar-refractivity contribution is 0.0977. The number of carbonyl (C=O) groups is 1. The van der Waals surface area contributed by atoms with Crippen molar-refractivity contribution in [2.24, 2.45) is 0 Å². The quantitative estimate of drug-likeness (QED) is 0.535. The molecule has 0 aliphatic carbocycles. The highest BCUT2D eigenvalue weighted by atomic mass is 127. The Bertz CT molecular complexity index is 572. The first-order chi connectivity index (χ1) is 8.66. The second kappa shape index (κ2) is 5.82. The summed E-state index contributed by atoms with van der Waals surface area (Å²) in [6.07, 6.45) is 0. The minimum atomic E-state index is -0.291. The number of halogens is 1. The molecule has 18 heavy (non-hydrogen) atoms. The van der Waals surface area contributed by atoms with Crippen molar-refractivity contribution in [3.63, 3.8) is 0 Å². The lowest BCUT2D eigenvalue weighted by atomic mass is 10.2. The van der Waals surface area contributed by atoms with Gasteiger partial charge in [0.25, 0.3) is 11.9 Å². The molecule has 0 unspecified atom stereocenters. The Balaban J connectivity index is 2.00. The number of aromatic nitrogens is 4. The summed E-state index contributed by atoms with van der Waals surface area (Å²) in [6, 6.07) is 7.19. The van der Waals surface area contributed by atoms with E-state index in [9.17, 15) is 4.79 Å². The lowest BCUT2D eigenvalue weighted by Crippen LogP contribution is -2.34. The fourth-order valence-electron chi connectivity index (χ4n) is 1.16. The third kappa shape index (κ3) is 3.20. The molecule has 1 heterocycles. The Labute approximate surface area is 121 Å². The van der Waals surface area contributed by atoms with Crippen LogP contribution in [0.2, 0.25) is 0 Å². The molecular formula is C9H7IN6OS. The largest absolute Gasteiger partial charge is 0.299 e. The van der Waals surface area contributed by atoms with Gasteiger partial charge in [-0.25, -0.2) is 0 Å². The van der Waals surface area contributed by atoms with Gasteiger partial charge in [0.2, 0.25) is 0 Å². The zero-order valence-electron chi connectivity index (χ0n) is 8.85. The number of anilines is 1. The van der Waals surface area contributed by atoms with Crippen LogP contribution in [0, 0.1) is 3.57 Å². The summed E-state index contributed by atoms with van der Waals surface area (Å²) in [4.78, 5) is 11.9. The zero-order valence-corrected chi connectivity index (χ0v) is 11.8. The molecule has 92 valence electrons. The number of aromatic amines is 1. The summed E-state index contributed by atoms with van der Waals surface area (Å²) >= 11 is 7.04. The summed E-state index contributed by atoms with van der Waals surface area (Å²) in [5.74, 6) is -0.0935. The molecule has 0 saturated carbocycles. The Morgan fingerprint density at radius 1 is 1.39 bits per heavy atom. The van der Waals surface area contributed by atoms with Crippen LogP contribution in [0.4, 0.5) is 5.95 Å². The van der Waals surface area contributed by atoms with Crippen LogP contribution >= 0.6 is 34.8 Å². The molecule has 2 aromatic rings. The van der Waals surface area contributed by atoms with Gasteiger partial charge in [-0.1, -0.05) is 17.2 Å². The maximum Gasteiger partial charge on any atom is 0.269 e. The molecule has 1 aromatic heterocycles. The topological polar surface area (TPSA) is 95.6 Å². The van der Waals surface area contributed by atoms with Gasteiger partial charge in [0.15, 0.2) is 5.11 Å². The van der Waals surface area contributed by atoms with Crippen molar-refractivity contribution >= 4 is 51.8 Å². The Morgan fingerprint density at radius 3 is 2.83 bits per heavy atom. The molecule has 0 fully saturated rings. The maximum atomic E-state index is 11.9. The number of rotatable bonds is 2. The van der Waals surface area contributed by atoms with E-state index in [1.165, 1.54) is 0 Å². The van der Waals surface area contributed by atoms with Crippen molar-refractivity contribution < 1.29 is 4.79 Å². The monoisotopic (exact) mass is 374 g/mol. The van der Waals surface area contributed by atoms with Gasteiger partial charge in [-0.2, -0.15) is 5.21 Å². The van der Waals surface area contributed by atoms with E-state index < -0.39 is 0 Å². The Morgan fingerprint density at radius 2 is 2.17 bits per heavy atom. The van der Waals surface area contributed by atoms with Gasteiger partial charge in [-0.05, 0) is 52.2 Å². The standard InChI is InChI=1S/C9H7IN6OS/c10-6-4-2-1-3-5(6)7(17)11-9(18)12-8-13-15-16-14-8/h1-4H,(H3,11,12,13,14,15,16,17,18). The number of nitrogens with one attached hydrogen (secondary N) is 3. The number of thiocarbonyl (C=S) groups is 1. The smallest absolute Gasteiger partial charge is 0.269 e. The molecule has 3 N–H and O–H groups in total. The van der Waals surface area contributed by atoms with Gasteiger partial charge in [0.05, 0.1) is 5.56 Å². The average molecular weight is 374 g/mol. The number of H-pyrrole nitrogens is 1. The van der Waals surface area contributed by atoms with E-state index in [-0.39, 0.29) is 17.0 Å². The van der Waals surface area contributed by atoms with Crippen LogP contribution in [0.3, 0.4) is 0 Å². The van der Waals surface area contributed by atoms with E-state index in [2.05, 4.69) is 53.8 Å². The van der Waals surface area contributed by atoms with E-state index in [1.54, 1.807) is 12.1 Å². The summed E-state index contributed by atoms with van der Waals surface area (Å²) < 4.78 is 0.843. The molecule has 1 amide bonds. The van der Waals surface area contributed by atoms with Crippen LogP contribution in [0.5, 0.6) is 0 Å². The molecule has 0 bridgehead atoms. The Hall–Kier alpha value is -1.62. The molecule has 2 rings (SSSR count). The van der Waals surface area contributed by atoms with Gasteiger partial charge in [0, 0.05) is 3.57 Å². The van der Waals surface area contributed by atoms with Gasteiger partial charge < -0.3 is 0 Å². The molecule has 7 nitrogen and oxygen atoms in total. The highest BCUT2D eigenvalue weighted by Crippen LogP contribution is 2.10. The molecule has 0 atom stereocenters. The summed E-state index contributed by atoms with van der Waals surface area (Å²) in [5.41, 5.74) is 0.551. The van der Waals surface area contributed by atoms with Crippen LogP contribution in [0.1, 0.15) is 10.4 Å². The molecule has 1 aromatic carbocycles. The van der Waals surface area contributed by atoms with Crippen molar-refractivity contribution in [2.45, 2.75) is 0 Å². The molecule has 0 aliphatic rings. The van der Waals surface area contributed by atoms with Crippen molar-refractivity contribution in [3.05, 3.63) is 33.4 Å². The fourth-order valence-corrected chi connectivity index (χ4v) is 1.98. The average Bonchev–Trinajstić information content (AvgIpc) is 2.82. The van der Waals surface area contributed by atoms with Crippen molar-refractivity contribution in [2.75, 3.05) is 5.32 Å². The third-order valence-electron chi connectivity index (χ3n) is 1.92. The van der Waals surface area contributed by atoms with Crippen LogP contribution in [-0.2, 0) is 0 Å². The first kappa shape index (κ1) is 12.8. The van der Waals surface area contributed by atoms with Crippen molar-refractivity contribution in [1.82, 2.24) is 25.9 Å². The van der Waals surface area contributed by atoms with Crippen molar-refractivity contribution in [1.29, 1.82) is 0 Å². The van der Waals surface area contributed by atoms with E-state index in [1.807, 2.05) is 12.1 Å². The molecule has 0 aliphatic heterocycles. The van der Waals surface area contributed by atoms with Crippen LogP contribution in [0.25, 0.3) is 0 Å². The third-order valence-corrected chi connectivity index (χ3v) is 3.06. The van der Waals surface area contributed by atoms with Crippen LogP contribution < -0.4 is 10.6 Å². The normalized spacial score (nSPS) is 9.83. The van der Waals surface area contributed by atoms with Crippen LogP contribution in [0.15, 0.2) is 24.3 Å². The molecule has 0 spiro atoms. The van der Waals surface area contributed by atoms with Crippen molar-refractivity contribution in [3.8, 4) is 0 Å². The number of tetrazole rings is 1. The predicted octanol–water partition coefficient (Wildman–Crippen LogP) is 0.931. The first-order valence-electron chi connectivity index (χ1n) is 4.77. The number of amides is 1. The summed E-state index contributed by atoms with van der Waals surface area (Å²) in [7, 11) is 0. The molecule has 9 heteroatoms. The summed E-state index contributed by atoms with van der Waals surface area (Å²) in [6.45, 7) is 0. The maximum absolute atomic E-state index is 11.9. The number of nitrogens with zero attached hydrogens (tertiary/aromatic N) is 3. The summed E-state index contributed by atoms with van der Waals surface area (Å²) in [5, 5.41) is 18.2. The van der Waals surface area contributed by atoms with E-state index in [0.29, 0.717) is 5.56 Å². The minimum absolute atomic E-state index is 0.112. The second-order valence-corrected chi connectivity index (χ2v) is 4.69. The van der Waals surface area contributed by atoms with Crippen LogP contribution in [-0.4, -0.2) is 31.6 Å². The first-order valence-corrected chi connectivity index (χ1v) is 6.26. The SMILES string of the molecule is O=C(NC(=S)Nc1nn[nH]n1)c1ccccc1I. The number of carbonyl (C=O) groups excluding carboxylic acids is 1. The van der Waals surface area contributed by atoms with Gasteiger partial charge in [0.1, 0.15) is 0 Å². The van der Waals surface area contributed by atoms with E-state index in [0.717, 1.165) is 3.57 Å². The molecule has 0 radical (unpaired) electrons. The highest BCUT2D eigenvalue weighted by Gasteiger charge is 2.11. The van der Waals surface area contributed by atoms with Gasteiger partial charge in [-0.3, -0.25) is 15.4 Å². The van der Waals surface area contributed by atoms with Gasteiger partial charge >= 0.3 is 0 Å². The van der Waals surface area contributed by atoms with Gasteiger partial charge in [-0.15, -0.1) is 5.10 Å². The van der Waals surface area contributed by atoms with E-state index >= 15 is 0 Å². The number of benzene rings is 1. The van der Waals surface area contributed by atoms with E-state index in [4.69, 9.17) is 12.2 Å². The molecular weight excluding hydrogens is 367 g/mol. The number of hydrogen-bond acceptors (Lipinski definition) is 5. The highest BCUT2D eigenvalue weighted by molar-refractivity contribution is 14.1. The lowest BCUT2D eigenvalue weighted by Gasteiger charge is -2.07. The minimum Gasteiger partial charge on any atom is -0.299 e.